The number of amides is 1. The summed E-state index contributed by atoms with van der Waals surface area (Å²) in [5, 5.41) is 23.2. The monoisotopic (exact) mass is 484 g/mol. The molecule has 3 aromatic rings. The zero-order valence-corrected chi connectivity index (χ0v) is 19.5. The van der Waals surface area contributed by atoms with Crippen LogP contribution in [0, 0.1) is 11.6 Å². The molecule has 1 aliphatic rings. The second-order valence-electron chi connectivity index (χ2n) is 8.91. The second kappa shape index (κ2) is 10.9. The number of rotatable bonds is 9. The highest BCUT2D eigenvalue weighted by atomic mass is 19.1. The van der Waals surface area contributed by atoms with Gasteiger partial charge in [0, 0.05) is 18.7 Å². The Kier molecular flexibility index (Phi) is 7.72. The van der Waals surface area contributed by atoms with Crippen molar-refractivity contribution in [1.29, 1.82) is 0 Å². The molecular formula is C25H30F2N6O2. The largest absolute Gasteiger partial charge is 0.390 e. The summed E-state index contributed by atoms with van der Waals surface area (Å²) in [5.74, 6) is -2.31. The number of aliphatic hydroxyl groups is 1. The fourth-order valence-electron chi connectivity index (χ4n) is 4.56. The SMILES string of the molecule is CCc1ccc2c(c1)[C@H](NC[C@H](O)[C@@H](Cc1cc(F)cc(F)c1)NC(=O)c1nc(N)n[nH]1)CCC2. The van der Waals surface area contributed by atoms with Gasteiger partial charge in [0.15, 0.2) is 0 Å². The predicted octanol–water partition coefficient (Wildman–Crippen LogP) is 2.60. The van der Waals surface area contributed by atoms with Gasteiger partial charge in [0.2, 0.25) is 11.8 Å². The molecule has 1 aliphatic carbocycles. The Morgan fingerprint density at radius 1 is 1.23 bits per heavy atom. The zero-order valence-electron chi connectivity index (χ0n) is 19.5. The van der Waals surface area contributed by atoms with E-state index in [1.807, 2.05) is 0 Å². The molecule has 4 rings (SSSR count). The smallest absolute Gasteiger partial charge is 0.288 e. The average Bonchev–Trinajstić information content (AvgIpc) is 3.27. The molecule has 0 unspecified atom stereocenters. The average molecular weight is 485 g/mol. The van der Waals surface area contributed by atoms with E-state index in [-0.39, 0.29) is 30.8 Å². The number of aromatic nitrogens is 3. The van der Waals surface area contributed by atoms with E-state index in [0.29, 0.717) is 5.56 Å². The highest BCUT2D eigenvalue weighted by molar-refractivity contribution is 5.90. The summed E-state index contributed by atoms with van der Waals surface area (Å²) in [6.45, 7) is 2.28. The van der Waals surface area contributed by atoms with Gasteiger partial charge in [-0.15, -0.1) is 5.10 Å². The third-order valence-corrected chi connectivity index (χ3v) is 6.38. The van der Waals surface area contributed by atoms with Gasteiger partial charge in [0.25, 0.3) is 5.91 Å². The van der Waals surface area contributed by atoms with Crippen molar-refractivity contribution in [3.05, 3.63) is 76.1 Å². The number of nitrogen functional groups attached to an aromatic ring is 1. The fourth-order valence-corrected chi connectivity index (χ4v) is 4.56. The maximum atomic E-state index is 13.8. The van der Waals surface area contributed by atoms with Crippen LogP contribution in [0.15, 0.2) is 36.4 Å². The maximum Gasteiger partial charge on any atom is 0.288 e. The van der Waals surface area contributed by atoms with Gasteiger partial charge in [0.05, 0.1) is 12.1 Å². The molecule has 0 spiro atoms. The summed E-state index contributed by atoms with van der Waals surface area (Å²) in [6.07, 6.45) is 2.87. The van der Waals surface area contributed by atoms with Crippen LogP contribution in [0.25, 0.3) is 0 Å². The van der Waals surface area contributed by atoms with Crippen LogP contribution in [-0.2, 0) is 19.3 Å². The molecule has 6 N–H and O–H groups in total. The minimum absolute atomic E-state index is 0.00806. The van der Waals surface area contributed by atoms with Crippen molar-refractivity contribution in [2.24, 2.45) is 0 Å². The minimum Gasteiger partial charge on any atom is -0.390 e. The molecule has 1 heterocycles. The second-order valence-corrected chi connectivity index (χ2v) is 8.91. The molecule has 1 aromatic heterocycles. The molecule has 8 nitrogen and oxygen atoms in total. The van der Waals surface area contributed by atoms with E-state index in [1.165, 1.54) is 28.8 Å². The van der Waals surface area contributed by atoms with Gasteiger partial charge in [-0.1, -0.05) is 25.1 Å². The molecule has 0 aliphatic heterocycles. The number of aryl methyl sites for hydroxylation is 2. The fraction of sp³-hybridized carbons (Fsp3) is 0.400. The summed E-state index contributed by atoms with van der Waals surface area (Å²) >= 11 is 0. The molecule has 0 saturated heterocycles. The van der Waals surface area contributed by atoms with Crippen LogP contribution in [0.4, 0.5) is 14.7 Å². The Balaban J connectivity index is 1.50. The molecule has 1 amide bonds. The summed E-state index contributed by atoms with van der Waals surface area (Å²) in [6, 6.07) is 8.87. The van der Waals surface area contributed by atoms with E-state index in [9.17, 15) is 18.7 Å². The first kappa shape index (κ1) is 24.7. The van der Waals surface area contributed by atoms with E-state index in [1.54, 1.807) is 0 Å². The molecule has 10 heteroatoms. The number of nitrogens with zero attached hydrogens (tertiary/aromatic N) is 2. The Labute approximate surface area is 202 Å². The molecule has 3 atom stereocenters. The number of carbonyl (C=O) groups is 1. The highest BCUT2D eigenvalue weighted by Crippen LogP contribution is 2.30. The van der Waals surface area contributed by atoms with Crippen LogP contribution in [0.2, 0.25) is 0 Å². The van der Waals surface area contributed by atoms with E-state index in [0.717, 1.165) is 31.7 Å². The maximum absolute atomic E-state index is 13.8. The number of aliphatic hydroxyl groups excluding tert-OH is 1. The number of nitrogens with two attached hydrogens (primary N) is 1. The molecule has 0 saturated carbocycles. The number of halogens is 2. The zero-order chi connectivity index (χ0) is 24.9. The van der Waals surface area contributed by atoms with Gasteiger partial charge >= 0.3 is 0 Å². The van der Waals surface area contributed by atoms with E-state index >= 15 is 0 Å². The number of hydrogen-bond acceptors (Lipinski definition) is 6. The number of H-pyrrole nitrogens is 1. The van der Waals surface area contributed by atoms with Crippen molar-refractivity contribution in [2.75, 3.05) is 12.3 Å². The number of benzene rings is 2. The third kappa shape index (κ3) is 6.20. The summed E-state index contributed by atoms with van der Waals surface area (Å²) in [4.78, 5) is 16.5. The Hall–Kier alpha value is -3.37. The van der Waals surface area contributed by atoms with Crippen molar-refractivity contribution in [2.45, 2.75) is 57.2 Å². The normalized spacial score (nSPS) is 17.0. The van der Waals surface area contributed by atoms with Gasteiger partial charge in [-0.2, -0.15) is 4.98 Å². The van der Waals surface area contributed by atoms with Gasteiger partial charge in [0.1, 0.15) is 11.6 Å². The van der Waals surface area contributed by atoms with Gasteiger partial charge < -0.3 is 21.5 Å². The summed E-state index contributed by atoms with van der Waals surface area (Å²) < 4.78 is 27.5. The van der Waals surface area contributed by atoms with Gasteiger partial charge in [-0.3, -0.25) is 9.89 Å². The molecule has 0 fully saturated rings. The molecule has 186 valence electrons. The number of carbonyl (C=O) groups excluding carboxylic acids is 1. The van der Waals surface area contributed by atoms with Crippen molar-refractivity contribution >= 4 is 11.9 Å². The highest BCUT2D eigenvalue weighted by Gasteiger charge is 2.27. The number of nitrogens with one attached hydrogen (secondary N) is 3. The van der Waals surface area contributed by atoms with Crippen LogP contribution in [0.3, 0.4) is 0 Å². The number of anilines is 1. The van der Waals surface area contributed by atoms with Crippen LogP contribution in [0.1, 0.15) is 58.7 Å². The van der Waals surface area contributed by atoms with Crippen LogP contribution < -0.4 is 16.4 Å². The third-order valence-electron chi connectivity index (χ3n) is 6.38. The first-order valence-corrected chi connectivity index (χ1v) is 11.8. The van der Waals surface area contributed by atoms with Crippen LogP contribution >= 0.6 is 0 Å². The first-order chi connectivity index (χ1) is 16.8. The van der Waals surface area contributed by atoms with Gasteiger partial charge in [-0.25, -0.2) is 8.78 Å². The quantitative estimate of drug-likeness (QED) is 0.318. The lowest BCUT2D eigenvalue weighted by Gasteiger charge is -2.30. The number of hydrogen-bond donors (Lipinski definition) is 5. The Morgan fingerprint density at radius 2 is 2.00 bits per heavy atom. The summed E-state index contributed by atoms with van der Waals surface area (Å²) in [7, 11) is 0. The van der Waals surface area contributed by atoms with Gasteiger partial charge in [-0.05, 0) is 66.5 Å². The molecule has 0 bridgehead atoms. The molecular weight excluding hydrogens is 454 g/mol. The van der Waals surface area contributed by atoms with Crippen LogP contribution in [0.5, 0.6) is 0 Å². The minimum atomic E-state index is -1.05. The van der Waals surface area contributed by atoms with Crippen LogP contribution in [-0.4, -0.2) is 44.9 Å². The topological polar surface area (TPSA) is 129 Å². The van der Waals surface area contributed by atoms with Crippen molar-refractivity contribution in [3.8, 4) is 0 Å². The van der Waals surface area contributed by atoms with E-state index in [2.05, 4.69) is 50.9 Å². The van der Waals surface area contributed by atoms with E-state index < -0.39 is 29.7 Å². The van der Waals surface area contributed by atoms with Crippen molar-refractivity contribution in [3.63, 3.8) is 0 Å². The predicted molar refractivity (Wildman–Crippen MR) is 128 cm³/mol. The van der Waals surface area contributed by atoms with Crippen molar-refractivity contribution in [1.82, 2.24) is 25.8 Å². The lowest BCUT2D eigenvalue weighted by Crippen LogP contribution is -2.49. The standard InChI is InChI=1S/C25H30F2N6O2/c1-2-14-6-7-16-4-3-5-20(19(16)10-14)29-13-22(34)21(11-15-8-17(26)12-18(27)9-15)30-24(35)23-31-25(28)33-32-23/h6-10,12,20-22,29,34H,2-5,11,13H2,1H3,(H,30,35)(H3,28,31,32,33)/t20-,21-,22+/m1/s1. The van der Waals surface area contributed by atoms with E-state index in [4.69, 9.17) is 5.73 Å². The first-order valence-electron chi connectivity index (χ1n) is 11.8. The van der Waals surface area contributed by atoms with Crippen molar-refractivity contribution < 1.29 is 18.7 Å². The lowest BCUT2D eigenvalue weighted by molar-refractivity contribution is 0.0814. The molecule has 2 aromatic carbocycles. The number of fused-ring (bicyclic) bond motifs is 1. The number of aromatic amines is 1. The lowest BCUT2D eigenvalue weighted by atomic mass is 9.86. The Morgan fingerprint density at radius 3 is 2.69 bits per heavy atom. The summed E-state index contributed by atoms with van der Waals surface area (Å²) in [5.41, 5.74) is 9.56. The molecule has 0 radical (unpaired) electrons. The Bertz CT molecular complexity index is 1160. The molecule has 35 heavy (non-hydrogen) atoms.